The maximum absolute atomic E-state index is 11.2. The van der Waals surface area contributed by atoms with Crippen LogP contribution in [0.1, 0.15) is 6.42 Å². The van der Waals surface area contributed by atoms with Crippen molar-refractivity contribution < 1.29 is 13.2 Å². The third-order valence-electron chi connectivity index (χ3n) is 2.08. The van der Waals surface area contributed by atoms with Gasteiger partial charge in [-0.2, -0.15) is 0 Å². The van der Waals surface area contributed by atoms with E-state index < -0.39 is 21.1 Å². The molecule has 1 fully saturated rings. The van der Waals surface area contributed by atoms with Gasteiger partial charge in [-0.3, -0.25) is 4.79 Å². The second-order valence-electron chi connectivity index (χ2n) is 2.97. The van der Waals surface area contributed by atoms with Crippen molar-refractivity contribution in [2.45, 2.75) is 6.42 Å². The van der Waals surface area contributed by atoms with Crippen molar-refractivity contribution in [2.24, 2.45) is 11.7 Å². The van der Waals surface area contributed by atoms with E-state index in [0.717, 1.165) is 0 Å². The van der Waals surface area contributed by atoms with Crippen LogP contribution < -0.4 is 5.73 Å². The Balaban J connectivity index is 2.65. The van der Waals surface area contributed by atoms with E-state index in [1.807, 2.05) is 0 Å². The van der Waals surface area contributed by atoms with Crippen molar-refractivity contribution in [1.82, 2.24) is 4.31 Å². The average molecular weight is 227 g/mol. The largest absolute Gasteiger partial charge is 0.369 e. The lowest BCUT2D eigenvalue weighted by Crippen LogP contribution is -2.32. The molecule has 1 rings (SSSR count). The summed E-state index contributed by atoms with van der Waals surface area (Å²) in [6, 6.07) is 0. The van der Waals surface area contributed by atoms with Crippen molar-refractivity contribution in [3.05, 3.63) is 0 Å². The Bertz CT molecular complexity index is 303. The molecule has 13 heavy (non-hydrogen) atoms. The molecule has 1 heterocycles. The summed E-state index contributed by atoms with van der Waals surface area (Å²) in [4.78, 5) is 10.7. The summed E-state index contributed by atoms with van der Waals surface area (Å²) in [5.74, 6) is -0.815. The Morgan fingerprint density at radius 3 is 2.62 bits per heavy atom. The lowest BCUT2D eigenvalue weighted by atomic mass is 10.1. The summed E-state index contributed by atoms with van der Waals surface area (Å²) in [7, 11) is -3.37. The van der Waals surface area contributed by atoms with Crippen LogP contribution in [0, 0.1) is 5.92 Å². The Morgan fingerprint density at radius 1 is 1.62 bits per heavy atom. The second-order valence-corrected chi connectivity index (χ2v) is 5.52. The zero-order valence-electron chi connectivity index (χ0n) is 6.94. The molecule has 1 amide bonds. The summed E-state index contributed by atoms with van der Waals surface area (Å²) in [5.41, 5.74) is 5.05. The van der Waals surface area contributed by atoms with E-state index in [4.69, 9.17) is 17.3 Å². The number of nitrogens with two attached hydrogens (primary N) is 1. The molecule has 0 radical (unpaired) electrons. The van der Waals surface area contributed by atoms with Crippen molar-refractivity contribution in [1.29, 1.82) is 0 Å². The lowest BCUT2D eigenvalue weighted by Gasteiger charge is -2.13. The molecule has 1 saturated heterocycles. The van der Waals surface area contributed by atoms with Crippen LogP contribution in [0.3, 0.4) is 0 Å². The van der Waals surface area contributed by atoms with Gasteiger partial charge in [0.05, 0.1) is 5.92 Å². The molecule has 0 saturated carbocycles. The number of rotatable bonds is 3. The van der Waals surface area contributed by atoms with Gasteiger partial charge < -0.3 is 5.73 Å². The van der Waals surface area contributed by atoms with Gasteiger partial charge in [-0.05, 0) is 6.42 Å². The van der Waals surface area contributed by atoms with Gasteiger partial charge in [0, 0.05) is 13.1 Å². The molecule has 0 bridgehead atoms. The minimum absolute atomic E-state index is 0.171. The highest BCUT2D eigenvalue weighted by Crippen LogP contribution is 2.19. The SMILES string of the molecule is NC(=O)C1CCN(S(=O)(=O)CCl)C1. The summed E-state index contributed by atoms with van der Waals surface area (Å²) in [5, 5.41) is -0.446. The fraction of sp³-hybridized carbons (Fsp3) is 0.833. The van der Waals surface area contributed by atoms with Gasteiger partial charge in [0.1, 0.15) is 5.21 Å². The Morgan fingerprint density at radius 2 is 2.23 bits per heavy atom. The number of primary amides is 1. The molecule has 2 N–H and O–H groups in total. The summed E-state index contributed by atoms with van der Waals surface area (Å²) < 4.78 is 23.6. The standard InChI is InChI=1S/C6H11ClN2O3S/c7-4-13(11,12)9-2-1-5(3-9)6(8)10/h5H,1-4H2,(H2,8,10). The van der Waals surface area contributed by atoms with E-state index in [1.165, 1.54) is 4.31 Å². The van der Waals surface area contributed by atoms with Gasteiger partial charge in [0.15, 0.2) is 0 Å². The van der Waals surface area contributed by atoms with E-state index in [0.29, 0.717) is 13.0 Å². The first-order valence-electron chi connectivity index (χ1n) is 3.80. The number of amides is 1. The first-order valence-corrected chi connectivity index (χ1v) is 5.95. The van der Waals surface area contributed by atoms with Gasteiger partial charge in [-0.25, -0.2) is 12.7 Å². The summed E-state index contributed by atoms with van der Waals surface area (Å²) in [6.07, 6.45) is 0.492. The molecule has 0 aromatic rings. The Labute approximate surface area is 81.9 Å². The molecule has 0 aromatic carbocycles. The maximum atomic E-state index is 11.2. The first kappa shape index (κ1) is 10.7. The highest BCUT2D eigenvalue weighted by atomic mass is 35.5. The molecule has 0 aromatic heterocycles. The highest BCUT2D eigenvalue weighted by Gasteiger charge is 2.33. The number of nitrogens with zero attached hydrogens (tertiary/aromatic N) is 1. The number of carbonyl (C=O) groups excluding carboxylic acids is 1. The summed E-state index contributed by atoms with van der Waals surface area (Å²) in [6.45, 7) is 0.507. The van der Waals surface area contributed by atoms with Crippen molar-refractivity contribution in [3.8, 4) is 0 Å². The van der Waals surface area contributed by atoms with Crippen LogP contribution in [0.2, 0.25) is 0 Å². The summed E-state index contributed by atoms with van der Waals surface area (Å²) >= 11 is 5.25. The van der Waals surface area contributed by atoms with Crippen LogP contribution in [-0.4, -0.2) is 36.9 Å². The molecule has 1 atom stereocenters. The van der Waals surface area contributed by atoms with Gasteiger partial charge in [-0.15, -0.1) is 11.6 Å². The fourth-order valence-corrected chi connectivity index (χ4v) is 2.62. The lowest BCUT2D eigenvalue weighted by molar-refractivity contribution is -0.121. The number of alkyl halides is 1. The molecular weight excluding hydrogens is 216 g/mol. The van der Waals surface area contributed by atoms with Crippen LogP contribution in [0.25, 0.3) is 0 Å². The fourth-order valence-electron chi connectivity index (χ4n) is 1.28. The molecule has 0 spiro atoms. The maximum Gasteiger partial charge on any atom is 0.228 e. The smallest absolute Gasteiger partial charge is 0.228 e. The zero-order chi connectivity index (χ0) is 10.1. The molecule has 1 aliphatic rings. The first-order chi connectivity index (χ1) is 5.97. The quantitative estimate of drug-likeness (QED) is 0.648. The van der Waals surface area contributed by atoms with E-state index in [1.54, 1.807) is 0 Å². The number of sulfonamides is 1. The van der Waals surface area contributed by atoms with Crippen LogP contribution >= 0.6 is 11.6 Å². The predicted molar refractivity (Wildman–Crippen MR) is 48.5 cm³/mol. The Hall–Kier alpha value is -0.330. The average Bonchev–Trinajstić information content (AvgIpc) is 2.52. The molecule has 1 aliphatic heterocycles. The van der Waals surface area contributed by atoms with Gasteiger partial charge >= 0.3 is 0 Å². The van der Waals surface area contributed by atoms with Gasteiger partial charge in [-0.1, -0.05) is 0 Å². The second kappa shape index (κ2) is 3.81. The monoisotopic (exact) mass is 226 g/mol. The Kier molecular flexibility index (Phi) is 3.15. The van der Waals surface area contributed by atoms with Crippen LogP contribution in [0.4, 0.5) is 0 Å². The van der Waals surface area contributed by atoms with Crippen LogP contribution in [-0.2, 0) is 14.8 Å². The van der Waals surface area contributed by atoms with E-state index in [2.05, 4.69) is 0 Å². The van der Waals surface area contributed by atoms with Crippen LogP contribution in [0.15, 0.2) is 0 Å². The molecule has 76 valence electrons. The van der Waals surface area contributed by atoms with Crippen molar-refractivity contribution in [3.63, 3.8) is 0 Å². The van der Waals surface area contributed by atoms with Gasteiger partial charge in [0.25, 0.3) is 0 Å². The topological polar surface area (TPSA) is 80.5 Å². The molecule has 7 heteroatoms. The third kappa shape index (κ3) is 2.32. The number of hydrogen-bond acceptors (Lipinski definition) is 3. The van der Waals surface area contributed by atoms with E-state index in [9.17, 15) is 13.2 Å². The van der Waals surface area contributed by atoms with E-state index in [-0.39, 0.29) is 12.5 Å². The molecule has 5 nitrogen and oxygen atoms in total. The van der Waals surface area contributed by atoms with E-state index >= 15 is 0 Å². The number of hydrogen-bond donors (Lipinski definition) is 1. The van der Waals surface area contributed by atoms with Crippen LogP contribution in [0.5, 0.6) is 0 Å². The molecular formula is C6H11ClN2O3S. The number of halogens is 1. The minimum atomic E-state index is -3.37. The minimum Gasteiger partial charge on any atom is -0.369 e. The zero-order valence-corrected chi connectivity index (χ0v) is 8.51. The number of carbonyl (C=O) groups is 1. The molecule has 0 aliphatic carbocycles. The normalized spacial score (nSPS) is 24.8. The third-order valence-corrected chi connectivity index (χ3v) is 4.31. The highest BCUT2D eigenvalue weighted by molar-refractivity contribution is 7.90. The molecule has 1 unspecified atom stereocenters. The predicted octanol–water partition coefficient (Wildman–Crippen LogP) is -0.680. The van der Waals surface area contributed by atoms with Crippen molar-refractivity contribution in [2.75, 3.05) is 18.3 Å². The van der Waals surface area contributed by atoms with Crippen molar-refractivity contribution >= 4 is 27.5 Å². The van der Waals surface area contributed by atoms with Gasteiger partial charge in [0.2, 0.25) is 15.9 Å².